The fourth-order valence-corrected chi connectivity index (χ4v) is 4.88. The molecule has 2 aliphatic rings. The highest BCUT2D eigenvalue weighted by Gasteiger charge is 2.61. The summed E-state index contributed by atoms with van der Waals surface area (Å²) in [5, 5.41) is 12.0. The van der Waals surface area contributed by atoms with Crippen LogP contribution in [0.3, 0.4) is 0 Å². The van der Waals surface area contributed by atoms with Crippen LogP contribution in [0.15, 0.2) is 24.4 Å². The van der Waals surface area contributed by atoms with Crippen molar-refractivity contribution in [1.82, 2.24) is 10.0 Å². The third-order valence-corrected chi connectivity index (χ3v) is 6.51. The van der Waals surface area contributed by atoms with Gasteiger partial charge in [0.05, 0.1) is 16.7 Å². The number of benzene rings is 1. The largest absolute Gasteiger partial charge is 0.478 e. The molecule has 1 spiro atoms. The van der Waals surface area contributed by atoms with E-state index in [1.807, 2.05) is 27.7 Å². The van der Waals surface area contributed by atoms with Gasteiger partial charge in [0.2, 0.25) is 0 Å². The van der Waals surface area contributed by atoms with Gasteiger partial charge in [0, 0.05) is 11.1 Å². The summed E-state index contributed by atoms with van der Waals surface area (Å²) in [5.74, 6) is -0.973. The fourth-order valence-electron chi connectivity index (χ4n) is 4.05. The number of aromatic carboxylic acids is 1. The van der Waals surface area contributed by atoms with E-state index >= 15 is 0 Å². The average Bonchev–Trinajstić information content (AvgIpc) is 3.01. The Hall–Kier alpha value is -2.45. The van der Waals surface area contributed by atoms with E-state index in [1.54, 1.807) is 29.5 Å². The molecule has 1 aliphatic carbocycles. The summed E-state index contributed by atoms with van der Waals surface area (Å²) >= 11 is 1.41. The molecule has 7 nitrogen and oxygen atoms in total. The monoisotopic (exact) mass is 430 g/mol. The minimum atomic E-state index is -1.05. The first-order chi connectivity index (χ1) is 14.1. The van der Waals surface area contributed by atoms with Crippen LogP contribution in [-0.4, -0.2) is 44.3 Å². The lowest BCUT2D eigenvalue weighted by molar-refractivity contribution is -0.278. The lowest BCUT2D eigenvalue weighted by Crippen LogP contribution is -2.72. The Morgan fingerprint density at radius 3 is 2.57 bits per heavy atom. The number of nitrogens with zero attached hydrogens (tertiary/aromatic N) is 2. The molecule has 1 saturated carbocycles. The minimum absolute atomic E-state index is 0.124. The van der Waals surface area contributed by atoms with Gasteiger partial charge in [-0.1, -0.05) is 6.07 Å². The molecule has 0 bridgehead atoms. The number of carbonyl (C=O) groups is 2. The molecule has 1 unspecified atom stereocenters. The topological polar surface area (TPSA) is 89.0 Å². The molecule has 8 heteroatoms. The molecule has 160 valence electrons. The molecule has 1 N–H and O–H groups in total. The Balaban J connectivity index is 1.69. The quantitative estimate of drug-likeness (QED) is 0.701. The van der Waals surface area contributed by atoms with Crippen LogP contribution < -0.4 is 4.84 Å². The molecule has 1 atom stereocenters. The Labute approximate surface area is 179 Å². The lowest BCUT2D eigenvalue weighted by atomic mass is 9.66. The smallest absolute Gasteiger partial charge is 0.336 e. The predicted molar refractivity (Wildman–Crippen MR) is 113 cm³/mol. The Morgan fingerprint density at radius 2 is 2.03 bits per heavy atom. The third kappa shape index (κ3) is 3.70. The van der Waals surface area contributed by atoms with Crippen molar-refractivity contribution in [3.63, 3.8) is 0 Å². The maximum Gasteiger partial charge on any atom is 0.336 e. The number of thiazole rings is 1. The van der Waals surface area contributed by atoms with E-state index in [4.69, 9.17) is 9.57 Å². The summed E-state index contributed by atoms with van der Waals surface area (Å²) in [6, 6.07) is 4.42. The molecule has 0 radical (unpaired) electrons. The van der Waals surface area contributed by atoms with Gasteiger partial charge in [0.1, 0.15) is 16.7 Å². The first-order valence-corrected chi connectivity index (χ1v) is 10.9. The zero-order valence-electron chi connectivity index (χ0n) is 17.6. The molecule has 0 amide bonds. The third-order valence-electron chi connectivity index (χ3n) is 5.58. The molecule has 4 rings (SSSR count). The van der Waals surface area contributed by atoms with Crippen molar-refractivity contribution in [1.29, 1.82) is 0 Å². The van der Waals surface area contributed by atoms with Crippen molar-refractivity contribution >= 4 is 23.3 Å². The van der Waals surface area contributed by atoms with E-state index in [2.05, 4.69) is 4.98 Å². The van der Waals surface area contributed by atoms with E-state index in [1.165, 1.54) is 11.3 Å². The van der Waals surface area contributed by atoms with Crippen LogP contribution in [0.5, 0.6) is 5.75 Å². The van der Waals surface area contributed by atoms with Crippen LogP contribution in [0.2, 0.25) is 0 Å². The predicted octanol–water partition coefficient (Wildman–Crippen LogP) is 4.45. The lowest BCUT2D eigenvalue weighted by Gasteiger charge is -2.60. The fraction of sp³-hybridized carbons (Fsp3) is 0.500. The SMILES string of the molecule is Cc1cnc(-c2c(ON3C(C(=O)OC(C)(C)C)CC34CCC4)cccc2C(=O)O)s1. The highest BCUT2D eigenvalue weighted by atomic mass is 32.1. The van der Waals surface area contributed by atoms with E-state index in [-0.39, 0.29) is 17.1 Å². The first kappa shape index (κ1) is 20.8. The Kier molecular flexibility index (Phi) is 5.10. The second-order valence-corrected chi connectivity index (χ2v) is 10.2. The molecule has 1 aromatic heterocycles. The Bertz CT molecular complexity index is 990. The summed E-state index contributed by atoms with van der Waals surface area (Å²) in [6.07, 6.45) is 5.36. The summed E-state index contributed by atoms with van der Waals surface area (Å²) < 4.78 is 5.59. The number of carboxylic acids is 1. The second-order valence-electron chi connectivity index (χ2n) is 9.01. The maximum absolute atomic E-state index is 12.8. The van der Waals surface area contributed by atoms with Gasteiger partial charge in [0.15, 0.2) is 5.75 Å². The van der Waals surface area contributed by atoms with Gasteiger partial charge >= 0.3 is 11.9 Å². The molecular formula is C22H26N2O5S. The van der Waals surface area contributed by atoms with Crippen LogP contribution in [-0.2, 0) is 9.53 Å². The molecule has 1 saturated heterocycles. The van der Waals surface area contributed by atoms with E-state index in [0.29, 0.717) is 22.7 Å². The highest BCUT2D eigenvalue weighted by molar-refractivity contribution is 7.15. The van der Waals surface area contributed by atoms with E-state index in [9.17, 15) is 14.7 Å². The number of hydroxylamine groups is 2. The van der Waals surface area contributed by atoms with Crippen LogP contribution in [0.4, 0.5) is 0 Å². The minimum Gasteiger partial charge on any atom is -0.478 e. The average molecular weight is 431 g/mol. The standard InChI is InChI=1S/C22H26N2O5S/c1-13-12-23-18(30-13)17-14(19(25)26)7-5-8-16(17)29-24-15(11-22(24)9-6-10-22)20(27)28-21(2,3)4/h5,7-8,12,15H,6,9-11H2,1-4H3,(H,25,26). The van der Waals surface area contributed by atoms with Crippen molar-refractivity contribution in [3.05, 3.63) is 34.8 Å². The number of carbonyl (C=O) groups excluding carboxylic acids is 1. The van der Waals surface area contributed by atoms with E-state index < -0.39 is 17.6 Å². The van der Waals surface area contributed by atoms with Crippen LogP contribution >= 0.6 is 11.3 Å². The van der Waals surface area contributed by atoms with Crippen LogP contribution in [0.1, 0.15) is 61.7 Å². The van der Waals surface area contributed by atoms with Gasteiger partial charge in [-0.25, -0.2) is 9.78 Å². The second kappa shape index (κ2) is 7.35. The summed E-state index contributed by atoms with van der Waals surface area (Å²) in [4.78, 5) is 36.3. The zero-order chi connectivity index (χ0) is 21.7. The zero-order valence-corrected chi connectivity index (χ0v) is 18.4. The summed E-state index contributed by atoms with van der Waals surface area (Å²) in [7, 11) is 0. The number of ether oxygens (including phenoxy) is 1. The summed E-state index contributed by atoms with van der Waals surface area (Å²) in [5.41, 5.74) is -0.208. The molecule has 1 aromatic carbocycles. The number of esters is 1. The molecule has 2 fully saturated rings. The van der Waals surface area contributed by atoms with E-state index in [0.717, 1.165) is 24.1 Å². The van der Waals surface area contributed by atoms with Gasteiger partial charge in [-0.2, -0.15) is 0 Å². The van der Waals surface area contributed by atoms with Gasteiger partial charge in [-0.3, -0.25) is 4.79 Å². The first-order valence-electron chi connectivity index (χ1n) is 10.1. The van der Waals surface area contributed by atoms with Crippen LogP contribution in [0, 0.1) is 6.92 Å². The molecule has 30 heavy (non-hydrogen) atoms. The van der Waals surface area contributed by atoms with Gasteiger partial charge in [-0.15, -0.1) is 16.4 Å². The number of aryl methyl sites for hydroxylation is 1. The van der Waals surface area contributed by atoms with Crippen molar-refractivity contribution in [3.8, 4) is 16.3 Å². The van der Waals surface area contributed by atoms with Gasteiger partial charge < -0.3 is 14.7 Å². The van der Waals surface area contributed by atoms with Crippen molar-refractivity contribution in [2.24, 2.45) is 0 Å². The molecule has 1 aliphatic heterocycles. The number of hydrogen-bond donors (Lipinski definition) is 1. The molecule has 2 aromatic rings. The Morgan fingerprint density at radius 1 is 1.30 bits per heavy atom. The van der Waals surface area contributed by atoms with Gasteiger partial charge in [-0.05, 0) is 65.5 Å². The normalized spacial score (nSPS) is 20.3. The van der Waals surface area contributed by atoms with Crippen molar-refractivity contribution < 1.29 is 24.3 Å². The number of rotatable bonds is 5. The number of carboxylic acid groups (broad SMARTS) is 1. The number of hydrogen-bond acceptors (Lipinski definition) is 7. The maximum atomic E-state index is 12.8. The van der Waals surface area contributed by atoms with Gasteiger partial charge in [0.25, 0.3) is 0 Å². The van der Waals surface area contributed by atoms with Crippen molar-refractivity contribution in [2.75, 3.05) is 0 Å². The molecule has 2 heterocycles. The number of aromatic nitrogens is 1. The highest BCUT2D eigenvalue weighted by Crippen LogP contribution is 2.52. The molecular weight excluding hydrogens is 404 g/mol. The van der Waals surface area contributed by atoms with Crippen LogP contribution in [0.25, 0.3) is 10.6 Å². The van der Waals surface area contributed by atoms with Crippen molar-refractivity contribution in [2.45, 2.75) is 70.6 Å². The summed E-state index contributed by atoms with van der Waals surface area (Å²) in [6.45, 7) is 7.44.